The molecular formula is C18H26N2O2S. The number of nitrogens with zero attached hydrogens (tertiary/aromatic N) is 1. The second-order valence-corrected chi connectivity index (χ2v) is 7.35. The first-order chi connectivity index (χ1) is 11.0. The van der Waals surface area contributed by atoms with E-state index in [0.29, 0.717) is 13.0 Å². The zero-order valence-corrected chi connectivity index (χ0v) is 14.9. The van der Waals surface area contributed by atoms with Crippen LogP contribution in [0.15, 0.2) is 24.3 Å². The lowest BCUT2D eigenvalue weighted by atomic mass is 9.78. The molecule has 0 saturated carbocycles. The average molecular weight is 334 g/mol. The van der Waals surface area contributed by atoms with Gasteiger partial charge in [-0.05, 0) is 30.9 Å². The van der Waals surface area contributed by atoms with E-state index in [1.807, 2.05) is 25.1 Å². The van der Waals surface area contributed by atoms with Gasteiger partial charge in [-0.1, -0.05) is 32.9 Å². The highest BCUT2D eigenvalue weighted by atomic mass is 32.1. The molecule has 126 valence electrons. The normalized spacial score (nSPS) is 13.2. The highest BCUT2D eigenvalue weighted by Gasteiger charge is 2.36. The van der Waals surface area contributed by atoms with Gasteiger partial charge in [-0.15, -0.1) is 11.3 Å². The maximum absolute atomic E-state index is 12.8. The van der Waals surface area contributed by atoms with E-state index in [9.17, 15) is 4.79 Å². The number of aromatic nitrogens is 1. The number of aliphatic hydroxyl groups is 1. The number of carbonyl (C=O) groups is 1. The smallest absolute Gasteiger partial charge is 0.226 e. The summed E-state index contributed by atoms with van der Waals surface area (Å²) in [5.41, 5.74) is 0.575. The quantitative estimate of drug-likeness (QED) is 0.778. The zero-order chi connectivity index (χ0) is 16.9. The molecule has 1 aromatic heterocycles. The second kappa shape index (κ2) is 7.88. The summed E-state index contributed by atoms with van der Waals surface area (Å²) < 4.78 is 1.16. The molecule has 0 saturated heterocycles. The molecule has 2 N–H and O–H groups in total. The molecule has 2 aromatic rings. The Bertz CT molecular complexity index is 616. The van der Waals surface area contributed by atoms with Crippen molar-refractivity contribution in [3.05, 3.63) is 29.3 Å². The summed E-state index contributed by atoms with van der Waals surface area (Å²) in [5, 5.41) is 13.1. The number of aliphatic hydroxyl groups excluding tert-OH is 1. The molecule has 0 aliphatic carbocycles. The highest BCUT2D eigenvalue weighted by Crippen LogP contribution is 2.34. The predicted octanol–water partition coefficient (Wildman–Crippen LogP) is 3.39. The second-order valence-electron chi connectivity index (χ2n) is 6.24. The van der Waals surface area contributed by atoms with Gasteiger partial charge in [0.05, 0.1) is 20.6 Å². The van der Waals surface area contributed by atoms with Gasteiger partial charge in [-0.25, -0.2) is 4.98 Å². The standard InChI is InChI=1S/C18H26N2O2S/c1-4-18(5-2,17(22)19-11-13(3)12-21)10-16-20-14-8-6-7-9-15(14)23-16/h6-9,13,21H,4-5,10-12H2,1-3H3,(H,19,22). The van der Waals surface area contributed by atoms with Gasteiger partial charge in [-0.2, -0.15) is 0 Å². The number of hydrogen-bond acceptors (Lipinski definition) is 4. The summed E-state index contributed by atoms with van der Waals surface area (Å²) in [4.78, 5) is 17.4. The molecule has 5 heteroatoms. The number of hydrogen-bond donors (Lipinski definition) is 2. The van der Waals surface area contributed by atoms with Gasteiger partial charge in [0.15, 0.2) is 0 Å². The van der Waals surface area contributed by atoms with Gasteiger partial charge in [0.1, 0.15) is 0 Å². The van der Waals surface area contributed by atoms with Gasteiger partial charge >= 0.3 is 0 Å². The van der Waals surface area contributed by atoms with Gasteiger partial charge < -0.3 is 10.4 Å². The minimum absolute atomic E-state index is 0.0713. The molecule has 0 bridgehead atoms. The van der Waals surface area contributed by atoms with Crippen LogP contribution in [0.1, 0.15) is 38.6 Å². The minimum Gasteiger partial charge on any atom is -0.396 e. The van der Waals surface area contributed by atoms with Crippen LogP contribution in [0.3, 0.4) is 0 Å². The van der Waals surface area contributed by atoms with E-state index in [1.165, 1.54) is 0 Å². The van der Waals surface area contributed by atoms with Crippen molar-refractivity contribution in [2.45, 2.75) is 40.0 Å². The van der Waals surface area contributed by atoms with Crippen molar-refractivity contribution in [2.24, 2.45) is 11.3 Å². The van der Waals surface area contributed by atoms with Gasteiger partial charge in [0.2, 0.25) is 5.91 Å². The highest BCUT2D eigenvalue weighted by molar-refractivity contribution is 7.18. The molecule has 23 heavy (non-hydrogen) atoms. The Balaban J connectivity index is 2.17. The van der Waals surface area contributed by atoms with Crippen LogP contribution in [-0.4, -0.2) is 29.1 Å². The van der Waals surface area contributed by atoms with E-state index in [4.69, 9.17) is 5.11 Å². The molecular weight excluding hydrogens is 308 g/mol. The van der Waals surface area contributed by atoms with E-state index >= 15 is 0 Å². The number of para-hydroxylation sites is 1. The van der Waals surface area contributed by atoms with E-state index < -0.39 is 5.41 Å². The van der Waals surface area contributed by atoms with Crippen molar-refractivity contribution >= 4 is 27.5 Å². The molecule has 0 aliphatic rings. The molecule has 1 amide bonds. The summed E-state index contributed by atoms with van der Waals surface area (Å²) in [7, 11) is 0. The van der Waals surface area contributed by atoms with Crippen molar-refractivity contribution in [3.8, 4) is 0 Å². The monoisotopic (exact) mass is 334 g/mol. The fraction of sp³-hybridized carbons (Fsp3) is 0.556. The summed E-state index contributed by atoms with van der Waals surface area (Å²) in [6, 6.07) is 8.08. The van der Waals surface area contributed by atoms with Crippen LogP contribution in [0.2, 0.25) is 0 Å². The Morgan fingerprint density at radius 2 is 2.04 bits per heavy atom. The summed E-state index contributed by atoms with van der Waals surface area (Å²) in [5.74, 6) is 0.148. The van der Waals surface area contributed by atoms with Crippen molar-refractivity contribution in [2.75, 3.05) is 13.2 Å². The van der Waals surface area contributed by atoms with E-state index in [0.717, 1.165) is 28.1 Å². The fourth-order valence-corrected chi connectivity index (χ4v) is 3.82. The van der Waals surface area contributed by atoms with E-state index in [-0.39, 0.29) is 18.4 Å². The third-order valence-electron chi connectivity index (χ3n) is 4.59. The lowest BCUT2D eigenvalue weighted by molar-refractivity contribution is -0.131. The van der Waals surface area contributed by atoms with Crippen molar-refractivity contribution in [1.82, 2.24) is 10.3 Å². The Morgan fingerprint density at radius 1 is 1.35 bits per heavy atom. The van der Waals surface area contributed by atoms with Crippen molar-refractivity contribution in [1.29, 1.82) is 0 Å². The van der Waals surface area contributed by atoms with Crippen molar-refractivity contribution in [3.63, 3.8) is 0 Å². The van der Waals surface area contributed by atoms with Crippen LogP contribution in [0.4, 0.5) is 0 Å². The maximum atomic E-state index is 12.8. The van der Waals surface area contributed by atoms with Gasteiger partial charge in [0, 0.05) is 19.6 Å². The largest absolute Gasteiger partial charge is 0.396 e. The lowest BCUT2D eigenvalue weighted by Crippen LogP contribution is -2.43. The summed E-state index contributed by atoms with van der Waals surface area (Å²) >= 11 is 1.67. The zero-order valence-electron chi connectivity index (χ0n) is 14.1. The molecule has 1 heterocycles. The van der Waals surface area contributed by atoms with E-state index in [1.54, 1.807) is 11.3 Å². The van der Waals surface area contributed by atoms with Crippen LogP contribution < -0.4 is 5.32 Å². The Kier molecular flexibility index (Phi) is 6.13. The van der Waals surface area contributed by atoms with E-state index in [2.05, 4.69) is 30.2 Å². The molecule has 1 unspecified atom stereocenters. The number of nitrogens with one attached hydrogen (secondary N) is 1. The van der Waals surface area contributed by atoms with Crippen molar-refractivity contribution < 1.29 is 9.90 Å². The van der Waals surface area contributed by atoms with Gasteiger partial charge in [0.25, 0.3) is 0 Å². The number of rotatable bonds is 8. The number of carbonyl (C=O) groups excluding carboxylic acids is 1. The first kappa shape index (κ1) is 17.9. The minimum atomic E-state index is -0.428. The average Bonchev–Trinajstić information content (AvgIpc) is 2.99. The van der Waals surface area contributed by atoms with Crippen LogP contribution in [-0.2, 0) is 11.2 Å². The van der Waals surface area contributed by atoms with Crippen LogP contribution >= 0.6 is 11.3 Å². The lowest BCUT2D eigenvalue weighted by Gasteiger charge is -2.30. The fourth-order valence-electron chi connectivity index (χ4n) is 2.71. The molecule has 4 nitrogen and oxygen atoms in total. The molecule has 0 spiro atoms. The third kappa shape index (κ3) is 4.09. The van der Waals surface area contributed by atoms with Crippen LogP contribution in [0.25, 0.3) is 10.2 Å². The van der Waals surface area contributed by atoms with Crippen LogP contribution in [0, 0.1) is 11.3 Å². The molecule has 0 fully saturated rings. The maximum Gasteiger partial charge on any atom is 0.226 e. The van der Waals surface area contributed by atoms with Gasteiger partial charge in [-0.3, -0.25) is 4.79 Å². The third-order valence-corrected chi connectivity index (χ3v) is 5.62. The SMILES string of the molecule is CCC(CC)(Cc1nc2ccccc2s1)C(=O)NCC(C)CO. The molecule has 1 aromatic carbocycles. The molecule has 0 radical (unpaired) electrons. The molecule has 2 rings (SSSR count). The topological polar surface area (TPSA) is 62.2 Å². The summed E-state index contributed by atoms with van der Waals surface area (Å²) in [6.07, 6.45) is 2.22. The number of amides is 1. The Labute approximate surface area is 141 Å². The Morgan fingerprint density at radius 3 is 2.65 bits per heavy atom. The first-order valence-corrected chi connectivity index (χ1v) is 9.10. The Hall–Kier alpha value is -1.46. The van der Waals surface area contributed by atoms with Crippen LogP contribution in [0.5, 0.6) is 0 Å². The number of benzene rings is 1. The molecule has 0 aliphatic heterocycles. The summed E-state index contributed by atoms with van der Waals surface area (Å²) in [6.45, 7) is 6.64. The number of thiazole rings is 1. The predicted molar refractivity (Wildman–Crippen MR) is 95.6 cm³/mol. The molecule has 1 atom stereocenters. The first-order valence-electron chi connectivity index (χ1n) is 8.28. The number of fused-ring (bicyclic) bond motifs is 1.